The molecule has 2 aromatic carbocycles. The van der Waals surface area contributed by atoms with E-state index in [1.165, 1.54) is 23.5 Å². The molecule has 1 heterocycles. The molecule has 0 aliphatic heterocycles. The first-order valence-corrected chi connectivity index (χ1v) is 14.5. The first kappa shape index (κ1) is 26.9. The minimum absolute atomic E-state index is 0.112. The number of hydrogen-bond acceptors (Lipinski definition) is 6. The van der Waals surface area contributed by atoms with Gasteiger partial charge in [-0.15, -0.1) is 0 Å². The third kappa shape index (κ3) is 6.49. The van der Waals surface area contributed by atoms with Crippen molar-refractivity contribution in [3.8, 4) is 0 Å². The average molecular weight is 543 g/mol. The number of aromatic nitrogens is 1. The van der Waals surface area contributed by atoms with Crippen molar-refractivity contribution in [2.45, 2.75) is 38.5 Å². The highest BCUT2D eigenvalue weighted by Gasteiger charge is 2.22. The van der Waals surface area contributed by atoms with Gasteiger partial charge >= 0.3 is 0 Å². The lowest BCUT2D eigenvalue weighted by atomic mass is 10.2. The van der Waals surface area contributed by atoms with Gasteiger partial charge in [0.1, 0.15) is 0 Å². The van der Waals surface area contributed by atoms with Crippen molar-refractivity contribution in [1.29, 1.82) is 0 Å². The molecule has 1 amide bonds. The predicted octanol–water partition coefficient (Wildman–Crippen LogP) is 5.84. The zero-order chi connectivity index (χ0) is 24.9. The predicted molar refractivity (Wildman–Crippen MR) is 142 cm³/mol. The molecule has 0 saturated heterocycles. The highest BCUT2D eigenvalue weighted by Crippen LogP contribution is 2.34. The molecule has 6 nitrogen and oxygen atoms in total. The van der Waals surface area contributed by atoms with E-state index >= 15 is 0 Å². The summed E-state index contributed by atoms with van der Waals surface area (Å²) in [5.74, 6) is -0.250. The van der Waals surface area contributed by atoms with Crippen molar-refractivity contribution < 1.29 is 13.2 Å². The first-order chi connectivity index (χ1) is 16.2. The topological polar surface area (TPSA) is 70.6 Å². The third-order valence-electron chi connectivity index (χ3n) is 5.78. The second-order valence-corrected chi connectivity index (χ2v) is 11.9. The van der Waals surface area contributed by atoms with Crippen molar-refractivity contribution in [3.05, 3.63) is 52.0 Å². The molecule has 0 aliphatic carbocycles. The highest BCUT2D eigenvalue weighted by molar-refractivity contribution is 7.91. The van der Waals surface area contributed by atoms with Crippen molar-refractivity contribution >= 4 is 65.6 Å². The molecule has 0 saturated carbocycles. The number of hydrogen-bond donors (Lipinski definition) is 0. The number of amides is 1. The second-order valence-electron chi connectivity index (χ2n) is 7.96. The maximum Gasteiger partial charge on any atom is 0.228 e. The quantitative estimate of drug-likeness (QED) is 0.305. The number of carbonyl (C=O) groups is 1. The molecule has 0 radical (unpaired) electrons. The summed E-state index contributed by atoms with van der Waals surface area (Å²) in [6.45, 7) is 9.03. The average Bonchev–Trinajstić information content (AvgIpc) is 3.24. The van der Waals surface area contributed by atoms with Gasteiger partial charge < -0.3 is 4.90 Å². The van der Waals surface area contributed by atoms with Crippen molar-refractivity contribution in [2.24, 2.45) is 0 Å². The van der Waals surface area contributed by atoms with Gasteiger partial charge in [-0.3, -0.25) is 9.69 Å². The fourth-order valence-corrected chi connectivity index (χ4v) is 6.28. The Morgan fingerprint density at radius 1 is 1.03 bits per heavy atom. The van der Waals surface area contributed by atoms with Crippen LogP contribution in [0.5, 0.6) is 0 Å². The van der Waals surface area contributed by atoms with E-state index in [1.54, 1.807) is 17.0 Å². The van der Waals surface area contributed by atoms with Gasteiger partial charge in [0.25, 0.3) is 0 Å². The number of carbonyl (C=O) groups excluding carboxylic acids is 1. The van der Waals surface area contributed by atoms with Crippen LogP contribution in [0.1, 0.15) is 32.3 Å². The molecule has 0 spiro atoms. The lowest BCUT2D eigenvalue weighted by Gasteiger charge is -2.24. The number of halogens is 2. The summed E-state index contributed by atoms with van der Waals surface area (Å²) in [6, 6.07) is 9.84. The summed E-state index contributed by atoms with van der Waals surface area (Å²) in [5.41, 5.74) is 1.67. The van der Waals surface area contributed by atoms with E-state index in [2.05, 4.69) is 18.7 Å². The van der Waals surface area contributed by atoms with Crippen LogP contribution in [-0.4, -0.2) is 56.1 Å². The van der Waals surface area contributed by atoms with E-state index in [1.807, 2.05) is 19.1 Å². The van der Waals surface area contributed by atoms with E-state index in [4.69, 9.17) is 28.2 Å². The van der Waals surface area contributed by atoms with Gasteiger partial charge in [0, 0.05) is 29.6 Å². The maximum atomic E-state index is 13.3. The number of benzene rings is 2. The van der Waals surface area contributed by atoms with Crippen LogP contribution in [0.3, 0.4) is 0 Å². The Kier molecular flexibility index (Phi) is 9.34. The van der Waals surface area contributed by atoms with E-state index in [0.29, 0.717) is 28.3 Å². The van der Waals surface area contributed by atoms with E-state index in [9.17, 15) is 13.2 Å². The Balaban J connectivity index is 1.77. The zero-order valence-electron chi connectivity index (χ0n) is 19.6. The summed E-state index contributed by atoms with van der Waals surface area (Å²) in [4.78, 5) is 22.1. The smallest absolute Gasteiger partial charge is 0.228 e. The molecule has 10 heteroatoms. The largest absolute Gasteiger partial charge is 0.302 e. The van der Waals surface area contributed by atoms with Crippen LogP contribution >= 0.6 is 34.5 Å². The maximum absolute atomic E-state index is 13.3. The molecule has 0 aliphatic rings. The zero-order valence-corrected chi connectivity index (χ0v) is 22.7. The standard InChI is InChI=1S/C24H29Cl2N3O3S2/c1-4-28(5-2)14-15-29(24-27-23-17(3)20(26)12-13-21(23)33-24)22(30)7-6-16-34(31,32)19-10-8-18(25)9-11-19/h8-13H,4-7,14-16H2,1-3H3. The molecule has 3 aromatic rings. The number of aryl methyl sites for hydroxylation is 1. The Morgan fingerprint density at radius 2 is 1.71 bits per heavy atom. The number of fused-ring (bicyclic) bond motifs is 1. The Bertz CT molecular complexity index is 1240. The van der Waals surface area contributed by atoms with E-state index in [-0.39, 0.29) is 29.4 Å². The van der Waals surface area contributed by atoms with Crippen LogP contribution in [0.4, 0.5) is 5.13 Å². The van der Waals surface area contributed by atoms with Crippen molar-refractivity contribution in [2.75, 3.05) is 36.8 Å². The van der Waals surface area contributed by atoms with Gasteiger partial charge in [-0.05, 0) is 68.4 Å². The fraction of sp³-hybridized carbons (Fsp3) is 0.417. The van der Waals surface area contributed by atoms with Gasteiger partial charge in [0.05, 0.1) is 20.9 Å². The molecule has 184 valence electrons. The Hall–Kier alpha value is -1.71. The molecule has 3 rings (SSSR count). The van der Waals surface area contributed by atoms with Gasteiger partial charge in [-0.1, -0.05) is 48.4 Å². The SMILES string of the molecule is CCN(CC)CCN(C(=O)CCCS(=O)(=O)c1ccc(Cl)cc1)c1nc2c(C)c(Cl)ccc2s1. The van der Waals surface area contributed by atoms with Crippen molar-refractivity contribution in [1.82, 2.24) is 9.88 Å². The summed E-state index contributed by atoms with van der Waals surface area (Å²) < 4.78 is 26.3. The number of thiazole rings is 1. The minimum atomic E-state index is -3.49. The van der Waals surface area contributed by atoms with E-state index < -0.39 is 9.84 Å². The third-order valence-corrected chi connectivity index (χ3v) is 9.30. The number of likely N-dealkylation sites (N-methyl/N-ethyl adjacent to an activating group) is 1. The summed E-state index contributed by atoms with van der Waals surface area (Å²) in [6.07, 6.45) is 0.335. The number of nitrogens with zero attached hydrogens (tertiary/aromatic N) is 3. The number of sulfone groups is 1. The number of anilines is 1. The van der Waals surface area contributed by atoms with Crippen LogP contribution in [0.25, 0.3) is 10.2 Å². The second kappa shape index (κ2) is 11.8. The summed E-state index contributed by atoms with van der Waals surface area (Å²) in [5, 5.41) is 1.72. The Labute approximate surface area is 215 Å². The van der Waals surface area contributed by atoms with Crippen LogP contribution in [0, 0.1) is 6.92 Å². The molecule has 1 aromatic heterocycles. The normalized spacial score (nSPS) is 11.9. The molecular weight excluding hydrogens is 513 g/mol. The van der Waals surface area contributed by atoms with E-state index in [0.717, 1.165) is 28.9 Å². The van der Waals surface area contributed by atoms with Gasteiger partial charge in [0.15, 0.2) is 15.0 Å². The van der Waals surface area contributed by atoms with Crippen LogP contribution in [0.15, 0.2) is 41.3 Å². The molecule has 0 N–H and O–H groups in total. The fourth-order valence-electron chi connectivity index (χ4n) is 3.62. The molecule has 34 heavy (non-hydrogen) atoms. The molecular formula is C24H29Cl2N3O3S2. The van der Waals surface area contributed by atoms with Crippen LogP contribution < -0.4 is 4.90 Å². The molecule has 0 atom stereocenters. The minimum Gasteiger partial charge on any atom is -0.302 e. The molecule has 0 fully saturated rings. The summed E-state index contributed by atoms with van der Waals surface area (Å²) in [7, 11) is -3.49. The van der Waals surface area contributed by atoms with Crippen LogP contribution in [-0.2, 0) is 14.6 Å². The monoisotopic (exact) mass is 541 g/mol. The van der Waals surface area contributed by atoms with Gasteiger partial charge in [-0.2, -0.15) is 0 Å². The van der Waals surface area contributed by atoms with Crippen LogP contribution in [0.2, 0.25) is 10.0 Å². The lowest BCUT2D eigenvalue weighted by Crippen LogP contribution is -2.38. The van der Waals surface area contributed by atoms with Gasteiger partial charge in [-0.25, -0.2) is 13.4 Å². The molecule has 0 unspecified atom stereocenters. The van der Waals surface area contributed by atoms with Crippen molar-refractivity contribution in [3.63, 3.8) is 0 Å². The number of rotatable bonds is 11. The van der Waals surface area contributed by atoms with Gasteiger partial charge in [0.2, 0.25) is 5.91 Å². The summed E-state index contributed by atoms with van der Waals surface area (Å²) >= 11 is 13.6. The highest BCUT2D eigenvalue weighted by atomic mass is 35.5. The Morgan fingerprint density at radius 3 is 2.35 bits per heavy atom. The molecule has 0 bridgehead atoms. The lowest BCUT2D eigenvalue weighted by molar-refractivity contribution is -0.118. The first-order valence-electron chi connectivity index (χ1n) is 11.2.